The second-order valence-electron chi connectivity index (χ2n) is 7.00. The predicted molar refractivity (Wildman–Crippen MR) is 106 cm³/mol. The van der Waals surface area contributed by atoms with E-state index >= 15 is 0 Å². The third-order valence-corrected chi connectivity index (χ3v) is 5.06. The topological polar surface area (TPSA) is 15.3 Å². The molecule has 4 rings (SSSR count). The molecule has 1 N–H and O–H groups in total. The van der Waals surface area contributed by atoms with Crippen molar-refractivity contribution in [3.8, 4) is 0 Å². The number of likely N-dealkylation sites (tertiary alicyclic amines) is 1. The van der Waals surface area contributed by atoms with Crippen molar-refractivity contribution in [1.29, 1.82) is 0 Å². The normalized spacial score (nSPS) is 19.2. The fourth-order valence-corrected chi connectivity index (χ4v) is 3.76. The molecule has 0 aliphatic carbocycles. The van der Waals surface area contributed by atoms with E-state index in [-0.39, 0.29) is 5.54 Å². The molecule has 0 atom stereocenters. The number of nitrogens with one attached hydrogen (secondary N) is 1. The summed E-state index contributed by atoms with van der Waals surface area (Å²) in [6, 6.07) is 20.9. The molecule has 2 aromatic rings. The van der Waals surface area contributed by atoms with Crippen LogP contribution in [0.15, 0.2) is 85.1 Å². The van der Waals surface area contributed by atoms with Crippen molar-refractivity contribution in [3.63, 3.8) is 0 Å². The van der Waals surface area contributed by atoms with E-state index in [2.05, 4.69) is 79.0 Å². The first kappa shape index (κ1) is 17.5. The summed E-state index contributed by atoms with van der Waals surface area (Å²) in [6.45, 7) is 11.0. The van der Waals surface area contributed by atoms with E-state index in [0.717, 1.165) is 17.7 Å². The maximum absolute atomic E-state index is 4.29. The SMILES string of the molecule is C=C1CC(=C)C(c2ccccc2)(c2ccccc2)N1.CN1CCCC1. The average molecular weight is 332 g/mol. The first-order valence-corrected chi connectivity index (χ1v) is 9.07. The third-order valence-electron chi connectivity index (χ3n) is 5.06. The van der Waals surface area contributed by atoms with E-state index in [9.17, 15) is 0 Å². The standard InChI is InChI=1S/C18H17N.C5H11N/c1-14-13-15(2)19-18(14,16-9-5-3-6-10-16)17-11-7-4-8-12-17;1-6-4-2-3-5-6/h3-12,19H,1-2,13H2;2-5H2,1H3. The summed E-state index contributed by atoms with van der Waals surface area (Å²) in [6.07, 6.45) is 3.65. The molecule has 130 valence electrons. The Kier molecular flexibility index (Phi) is 5.40. The minimum Gasteiger partial charge on any atom is -0.372 e. The summed E-state index contributed by atoms with van der Waals surface area (Å²) in [5, 5.41) is 3.56. The van der Waals surface area contributed by atoms with Gasteiger partial charge in [0.1, 0.15) is 5.54 Å². The smallest absolute Gasteiger partial charge is 0.110 e. The van der Waals surface area contributed by atoms with Crippen molar-refractivity contribution >= 4 is 0 Å². The van der Waals surface area contributed by atoms with Gasteiger partial charge in [-0.05, 0) is 49.7 Å². The summed E-state index contributed by atoms with van der Waals surface area (Å²) in [5.41, 5.74) is 4.27. The van der Waals surface area contributed by atoms with Crippen molar-refractivity contribution in [2.75, 3.05) is 20.1 Å². The predicted octanol–water partition coefficient (Wildman–Crippen LogP) is 4.71. The molecule has 0 saturated carbocycles. The lowest BCUT2D eigenvalue weighted by Gasteiger charge is -2.32. The van der Waals surface area contributed by atoms with Crippen LogP contribution in [0.5, 0.6) is 0 Å². The first-order chi connectivity index (χ1) is 12.1. The fourth-order valence-electron chi connectivity index (χ4n) is 3.76. The maximum atomic E-state index is 4.29. The highest BCUT2D eigenvalue weighted by molar-refractivity contribution is 5.52. The van der Waals surface area contributed by atoms with Gasteiger partial charge in [-0.15, -0.1) is 0 Å². The molecule has 2 aliphatic rings. The minimum absolute atomic E-state index is 0.334. The quantitative estimate of drug-likeness (QED) is 0.802. The molecule has 0 spiro atoms. The Morgan fingerprint density at radius 3 is 1.64 bits per heavy atom. The van der Waals surface area contributed by atoms with Gasteiger partial charge in [0.25, 0.3) is 0 Å². The van der Waals surface area contributed by atoms with Gasteiger partial charge in [0.15, 0.2) is 0 Å². The van der Waals surface area contributed by atoms with Crippen LogP contribution >= 0.6 is 0 Å². The highest BCUT2D eigenvalue weighted by Gasteiger charge is 2.41. The fraction of sp³-hybridized carbons (Fsp3) is 0.304. The van der Waals surface area contributed by atoms with Crippen LogP contribution in [0.2, 0.25) is 0 Å². The Labute approximate surface area is 151 Å². The number of nitrogens with zero attached hydrogens (tertiary/aromatic N) is 1. The van der Waals surface area contributed by atoms with Crippen LogP contribution in [0.25, 0.3) is 0 Å². The van der Waals surface area contributed by atoms with Gasteiger partial charge in [-0.2, -0.15) is 0 Å². The summed E-state index contributed by atoms with van der Waals surface area (Å²) >= 11 is 0. The van der Waals surface area contributed by atoms with Crippen molar-refractivity contribution < 1.29 is 0 Å². The number of hydrogen-bond acceptors (Lipinski definition) is 2. The lowest BCUT2D eigenvalue weighted by Crippen LogP contribution is -2.38. The van der Waals surface area contributed by atoms with Gasteiger partial charge < -0.3 is 10.2 Å². The molecule has 2 fully saturated rings. The largest absolute Gasteiger partial charge is 0.372 e. The van der Waals surface area contributed by atoms with Gasteiger partial charge in [0.05, 0.1) is 0 Å². The lowest BCUT2D eigenvalue weighted by atomic mass is 9.79. The lowest BCUT2D eigenvalue weighted by molar-refractivity contribution is 0.418. The molecule has 0 aromatic heterocycles. The van der Waals surface area contributed by atoms with E-state index < -0.39 is 0 Å². The van der Waals surface area contributed by atoms with Gasteiger partial charge in [-0.1, -0.05) is 73.8 Å². The Morgan fingerprint density at radius 1 is 0.840 bits per heavy atom. The summed E-state index contributed by atoms with van der Waals surface area (Å²) in [7, 11) is 2.17. The van der Waals surface area contributed by atoms with Crippen molar-refractivity contribution in [1.82, 2.24) is 10.2 Å². The van der Waals surface area contributed by atoms with Gasteiger partial charge in [0, 0.05) is 12.1 Å². The molecule has 2 saturated heterocycles. The van der Waals surface area contributed by atoms with E-state index in [1.807, 2.05) is 12.1 Å². The Hall–Kier alpha value is -2.32. The average Bonchev–Trinajstić information content (AvgIpc) is 3.23. The molecule has 2 nitrogen and oxygen atoms in total. The molecule has 0 bridgehead atoms. The maximum Gasteiger partial charge on any atom is 0.110 e. The third kappa shape index (κ3) is 3.69. The molecule has 2 aliphatic heterocycles. The number of benzene rings is 2. The van der Waals surface area contributed by atoms with E-state index in [1.54, 1.807) is 0 Å². The zero-order chi connectivity index (χ0) is 17.7. The van der Waals surface area contributed by atoms with Crippen LogP contribution in [-0.4, -0.2) is 25.0 Å². The highest BCUT2D eigenvalue weighted by atomic mass is 15.1. The second kappa shape index (κ2) is 7.71. The van der Waals surface area contributed by atoms with Gasteiger partial charge in [0.2, 0.25) is 0 Å². The van der Waals surface area contributed by atoms with Crippen LogP contribution in [0.1, 0.15) is 30.4 Å². The number of rotatable bonds is 2. The molecule has 0 unspecified atom stereocenters. The van der Waals surface area contributed by atoms with Crippen LogP contribution in [-0.2, 0) is 5.54 Å². The van der Waals surface area contributed by atoms with Gasteiger partial charge in [-0.25, -0.2) is 0 Å². The Bertz CT molecular complexity index is 673. The zero-order valence-corrected chi connectivity index (χ0v) is 15.2. The van der Waals surface area contributed by atoms with Crippen LogP contribution in [0.4, 0.5) is 0 Å². The van der Waals surface area contributed by atoms with E-state index in [0.29, 0.717) is 0 Å². The van der Waals surface area contributed by atoms with Crippen molar-refractivity contribution in [2.45, 2.75) is 24.8 Å². The molecule has 0 amide bonds. The number of allylic oxidation sites excluding steroid dienone is 1. The number of hydrogen-bond donors (Lipinski definition) is 1. The Balaban J connectivity index is 0.000000258. The van der Waals surface area contributed by atoms with Crippen LogP contribution in [0, 0.1) is 0 Å². The van der Waals surface area contributed by atoms with Gasteiger partial charge in [-0.3, -0.25) is 0 Å². The Morgan fingerprint density at radius 2 is 1.32 bits per heavy atom. The molecule has 2 aromatic carbocycles. The molecular formula is C23H28N2. The highest BCUT2D eigenvalue weighted by Crippen LogP contribution is 2.43. The molecule has 2 heteroatoms. The minimum atomic E-state index is -0.334. The second-order valence-corrected chi connectivity index (χ2v) is 7.00. The monoisotopic (exact) mass is 332 g/mol. The van der Waals surface area contributed by atoms with Gasteiger partial charge >= 0.3 is 0 Å². The van der Waals surface area contributed by atoms with Crippen molar-refractivity contribution in [2.24, 2.45) is 0 Å². The van der Waals surface area contributed by atoms with Crippen LogP contribution < -0.4 is 5.32 Å². The van der Waals surface area contributed by atoms with Crippen molar-refractivity contribution in [3.05, 3.63) is 96.2 Å². The summed E-state index contributed by atoms with van der Waals surface area (Å²) in [5.74, 6) is 0. The summed E-state index contributed by atoms with van der Waals surface area (Å²) in [4.78, 5) is 2.36. The first-order valence-electron chi connectivity index (χ1n) is 9.07. The van der Waals surface area contributed by atoms with Crippen LogP contribution in [0.3, 0.4) is 0 Å². The molecule has 25 heavy (non-hydrogen) atoms. The zero-order valence-electron chi connectivity index (χ0n) is 15.2. The summed E-state index contributed by atoms with van der Waals surface area (Å²) < 4.78 is 0. The molecular weight excluding hydrogens is 304 g/mol. The van der Waals surface area contributed by atoms with E-state index in [4.69, 9.17) is 0 Å². The van der Waals surface area contributed by atoms with E-state index in [1.165, 1.54) is 37.1 Å². The molecule has 0 radical (unpaired) electrons. The molecule has 2 heterocycles.